The molecule has 7 nitrogen and oxygen atoms in total. The molecule has 0 spiro atoms. The predicted molar refractivity (Wildman–Crippen MR) is 107 cm³/mol. The lowest BCUT2D eigenvalue weighted by Gasteiger charge is -2.22. The summed E-state index contributed by atoms with van der Waals surface area (Å²) in [4.78, 5) is 31.5. The molecule has 0 aliphatic heterocycles. The first kappa shape index (κ1) is 20.0. The lowest BCUT2D eigenvalue weighted by Crippen LogP contribution is -2.37. The van der Waals surface area contributed by atoms with E-state index in [-0.39, 0.29) is 23.3 Å². The molecule has 1 amide bonds. The summed E-state index contributed by atoms with van der Waals surface area (Å²) >= 11 is 1.15. The van der Waals surface area contributed by atoms with Crippen LogP contribution in [0.5, 0.6) is 5.75 Å². The van der Waals surface area contributed by atoms with E-state index in [2.05, 4.69) is 15.3 Å². The Hall–Kier alpha value is -2.79. The van der Waals surface area contributed by atoms with E-state index in [0.29, 0.717) is 22.2 Å². The molecule has 1 aromatic heterocycles. The summed E-state index contributed by atoms with van der Waals surface area (Å²) in [5.41, 5.74) is 0.362. The first-order chi connectivity index (χ1) is 13.6. The Morgan fingerprint density at radius 2 is 2.04 bits per heavy atom. The molecule has 3 rings (SSSR count). The van der Waals surface area contributed by atoms with E-state index in [1.807, 2.05) is 6.07 Å². The van der Waals surface area contributed by atoms with Crippen molar-refractivity contribution >= 4 is 17.7 Å². The predicted octanol–water partition coefficient (Wildman–Crippen LogP) is 2.86. The van der Waals surface area contributed by atoms with Crippen LogP contribution in [-0.4, -0.2) is 34.8 Å². The Labute approximate surface area is 167 Å². The van der Waals surface area contributed by atoms with Gasteiger partial charge in [-0.25, -0.2) is 4.98 Å². The summed E-state index contributed by atoms with van der Waals surface area (Å²) < 4.78 is 5.13. The fourth-order valence-corrected chi connectivity index (χ4v) is 3.90. The van der Waals surface area contributed by atoms with Crippen molar-refractivity contribution in [3.8, 4) is 23.1 Å². The third-order valence-corrected chi connectivity index (χ3v) is 5.56. The van der Waals surface area contributed by atoms with E-state index in [1.165, 1.54) is 6.42 Å². The highest BCUT2D eigenvalue weighted by atomic mass is 32.2. The van der Waals surface area contributed by atoms with Gasteiger partial charge in [-0.05, 0) is 37.1 Å². The molecular weight excluding hydrogens is 376 g/mol. The van der Waals surface area contributed by atoms with Gasteiger partial charge in [-0.1, -0.05) is 31.0 Å². The van der Waals surface area contributed by atoms with Gasteiger partial charge in [0.1, 0.15) is 17.4 Å². The molecule has 0 atom stereocenters. The van der Waals surface area contributed by atoms with Crippen molar-refractivity contribution in [3.05, 3.63) is 40.2 Å². The molecule has 1 fully saturated rings. The average Bonchev–Trinajstić information content (AvgIpc) is 2.72. The van der Waals surface area contributed by atoms with Crippen LogP contribution in [-0.2, 0) is 4.79 Å². The summed E-state index contributed by atoms with van der Waals surface area (Å²) in [5, 5.41) is 12.7. The molecule has 1 heterocycles. The number of carbonyl (C=O) groups excluding carboxylic acids is 1. The average molecular weight is 398 g/mol. The first-order valence-corrected chi connectivity index (χ1v) is 10.2. The van der Waals surface area contributed by atoms with E-state index in [1.54, 1.807) is 31.4 Å². The zero-order valence-electron chi connectivity index (χ0n) is 15.7. The molecule has 1 aliphatic carbocycles. The van der Waals surface area contributed by atoms with Crippen LogP contribution in [0.3, 0.4) is 0 Å². The fourth-order valence-electron chi connectivity index (χ4n) is 3.23. The Morgan fingerprint density at radius 3 is 2.68 bits per heavy atom. The van der Waals surface area contributed by atoms with E-state index < -0.39 is 5.56 Å². The number of thioether (sulfide) groups is 1. The number of hydrogen-bond acceptors (Lipinski definition) is 6. The zero-order valence-corrected chi connectivity index (χ0v) is 16.5. The van der Waals surface area contributed by atoms with Crippen LogP contribution >= 0.6 is 11.8 Å². The van der Waals surface area contributed by atoms with E-state index in [9.17, 15) is 14.9 Å². The minimum absolute atomic E-state index is 0.0545. The number of methoxy groups -OCH3 is 1. The minimum atomic E-state index is -0.515. The number of H-pyrrole nitrogens is 1. The zero-order chi connectivity index (χ0) is 19.9. The number of nitrogens with one attached hydrogen (secondary N) is 2. The van der Waals surface area contributed by atoms with Crippen molar-refractivity contribution in [1.82, 2.24) is 15.3 Å². The molecule has 0 radical (unpaired) electrons. The monoisotopic (exact) mass is 398 g/mol. The third-order valence-electron chi connectivity index (χ3n) is 4.68. The van der Waals surface area contributed by atoms with Crippen molar-refractivity contribution in [1.29, 1.82) is 5.26 Å². The summed E-state index contributed by atoms with van der Waals surface area (Å²) in [6.07, 6.45) is 5.56. The third kappa shape index (κ3) is 4.93. The lowest BCUT2D eigenvalue weighted by atomic mass is 9.95. The van der Waals surface area contributed by atoms with E-state index in [0.717, 1.165) is 37.4 Å². The van der Waals surface area contributed by atoms with Gasteiger partial charge in [0, 0.05) is 11.6 Å². The Bertz CT molecular complexity index is 928. The molecule has 8 heteroatoms. The van der Waals surface area contributed by atoms with Crippen LogP contribution in [0, 0.1) is 11.3 Å². The quantitative estimate of drug-likeness (QED) is 0.572. The number of carbonyl (C=O) groups is 1. The van der Waals surface area contributed by atoms with Crippen molar-refractivity contribution in [2.75, 3.05) is 12.9 Å². The summed E-state index contributed by atoms with van der Waals surface area (Å²) in [7, 11) is 1.56. The maximum Gasteiger partial charge on any atom is 0.270 e. The number of ether oxygens (including phenoxy) is 1. The van der Waals surface area contributed by atoms with Gasteiger partial charge < -0.3 is 15.0 Å². The topological polar surface area (TPSA) is 108 Å². The standard InChI is InChI=1S/C20H22N4O3S/c1-27-15-9-7-13(8-10-15)18-16(11-21)19(26)24-20(23-18)28-12-17(25)22-14-5-3-2-4-6-14/h7-10,14H,2-6,12H2,1H3,(H,22,25)(H,23,24,26). The van der Waals surface area contributed by atoms with E-state index >= 15 is 0 Å². The van der Waals surface area contributed by atoms with Gasteiger partial charge in [-0.2, -0.15) is 5.26 Å². The van der Waals surface area contributed by atoms with Crippen molar-refractivity contribution < 1.29 is 9.53 Å². The van der Waals surface area contributed by atoms with Crippen LogP contribution in [0.4, 0.5) is 0 Å². The van der Waals surface area contributed by atoms with Gasteiger partial charge in [0.05, 0.1) is 18.6 Å². The maximum atomic E-state index is 12.3. The van der Waals surface area contributed by atoms with Crippen LogP contribution in [0.1, 0.15) is 37.7 Å². The van der Waals surface area contributed by atoms with Crippen LogP contribution < -0.4 is 15.6 Å². The molecule has 2 N–H and O–H groups in total. The normalized spacial score (nSPS) is 14.3. The molecule has 0 unspecified atom stereocenters. The number of aromatic nitrogens is 2. The summed E-state index contributed by atoms with van der Waals surface area (Å²) in [6.45, 7) is 0. The van der Waals surface area contributed by atoms with Crippen molar-refractivity contribution in [2.24, 2.45) is 0 Å². The Balaban J connectivity index is 1.74. The minimum Gasteiger partial charge on any atom is -0.497 e. The van der Waals surface area contributed by atoms with Gasteiger partial charge >= 0.3 is 0 Å². The molecule has 146 valence electrons. The van der Waals surface area contributed by atoms with Crippen molar-refractivity contribution in [3.63, 3.8) is 0 Å². The number of amides is 1. The van der Waals surface area contributed by atoms with Gasteiger partial charge in [0.2, 0.25) is 5.91 Å². The second kappa shape index (κ2) is 9.42. The Morgan fingerprint density at radius 1 is 1.32 bits per heavy atom. The highest BCUT2D eigenvalue weighted by Crippen LogP contribution is 2.24. The van der Waals surface area contributed by atoms with Crippen LogP contribution in [0.2, 0.25) is 0 Å². The van der Waals surface area contributed by atoms with Crippen LogP contribution in [0.25, 0.3) is 11.3 Å². The molecule has 0 saturated heterocycles. The molecule has 0 bridgehead atoms. The largest absolute Gasteiger partial charge is 0.497 e. The molecule has 1 saturated carbocycles. The van der Waals surface area contributed by atoms with Gasteiger partial charge in [0.15, 0.2) is 5.16 Å². The smallest absolute Gasteiger partial charge is 0.270 e. The van der Waals surface area contributed by atoms with Gasteiger partial charge in [-0.3, -0.25) is 9.59 Å². The first-order valence-electron chi connectivity index (χ1n) is 9.21. The van der Waals surface area contributed by atoms with Gasteiger partial charge in [-0.15, -0.1) is 0 Å². The summed E-state index contributed by atoms with van der Waals surface area (Å²) in [5.74, 6) is 0.754. The highest BCUT2D eigenvalue weighted by molar-refractivity contribution is 7.99. The second-order valence-corrected chi connectivity index (χ2v) is 7.59. The molecule has 1 aliphatic rings. The molecule has 1 aromatic carbocycles. The maximum absolute atomic E-state index is 12.3. The molecular formula is C20H22N4O3S. The number of nitriles is 1. The molecule has 28 heavy (non-hydrogen) atoms. The number of rotatable bonds is 6. The molecule has 2 aromatic rings. The SMILES string of the molecule is COc1ccc(-c2nc(SCC(=O)NC3CCCCC3)[nH]c(=O)c2C#N)cc1. The van der Waals surface area contributed by atoms with Crippen LogP contribution in [0.15, 0.2) is 34.2 Å². The second-order valence-electron chi connectivity index (χ2n) is 6.63. The van der Waals surface area contributed by atoms with Crippen molar-refractivity contribution in [2.45, 2.75) is 43.3 Å². The number of hydrogen-bond donors (Lipinski definition) is 2. The number of nitrogens with zero attached hydrogens (tertiary/aromatic N) is 2. The number of benzene rings is 1. The van der Waals surface area contributed by atoms with E-state index in [4.69, 9.17) is 4.74 Å². The number of aromatic amines is 1. The Kier molecular flexibility index (Phi) is 6.71. The summed E-state index contributed by atoms with van der Waals surface area (Å²) in [6, 6.07) is 9.11. The van der Waals surface area contributed by atoms with Gasteiger partial charge in [0.25, 0.3) is 5.56 Å². The fraction of sp³-hybridized carbons (Fsp3) is 0.400. The lowest BCUT2D eigenvalue weighted by molar-refractivity contribution is -0.119. The highest BCUT2D eigenvalue weighted by Gasteiger charge is 2.17.